The van der Waals surface area contributed by atoms with Crippen LogP contribution in [0.15, 0.2) is 5.38 Å². The van der Waals surface area contributed by atoms with Gasteiger partial charge in [0.15, 0.2) is 5.69 Å². The van der Waals surface area contributed by atoms with Gasteiger partial charge < -0.3 is 4.90 Å². The zero-order chi connectivity index (χ0) is 17.0. The van der Waals surface area contributed by atoms with Crippen LogP contribution in [0.25, 0.3) is 0 Å². The van der Waals surface area contributed by atoms with E-state index in [0.29, 0.717) is 17.3 Å². The Labute approximate surface area is 138 Å². The highest BCUT2D eigenvalue weighted by molar-refractivity contribution is 7.09. The summed E-state index contributed by atoms with van der Waals surface area (Å²) in [5, 5.41) is 4.45. The van der Waals surface area contributed by atoms with E-state index in [0.717, 1.165) is 42.6 Å². The van der Waals surface area contributed by atoms with Crippen molar-refractivity contribution < 1.29 is 18.0 Å². The number of aromatic nitrogens is 1. The fraction of sp³-hybridized carbons (Fsp3) is 0.733. The predicted molar refractivity (Wildman–Crippen MR) is 83.1 cm³/mol. The molecule has 2 atom stereocenters. The third-order valence-corrected chi connectivity index (χ3v) is 4.99. The molecule has 1 aliphatic rings. The van der Waals surface area contributed by atoms with E-state index >= 15 is 0 Å². The Bertz CT molecular complexity index is 532. The molecule has 0 aliphatic carbocycles. The number of carbonyl (C=O) groups is 1. The second-order valence-corrected chi connectivity index (χ2v) is 6.89. The van der Waals surface area contributed by atoms with Crippen molar-refractivity contribution in [3.8, 4) is 0 Å². The molecule has 0 unspecified atom stereocenters. The molecule has 1 aromatic rings. The maximum Gasteiger partial charge on any atom is 0.434 e. The molecule has 8 heteroatoms. The van der Waals surface area contributed by atoms with Crippen molar-refractivity contribution in [3.63, 3.8) is 0 Å². The summed E-state index contributed by atoms with van der Waals surface area (Å²) in [6.45, 7) is 5.63. The summed E-state index contributed by atoms with van der Waals surface area (Å²) >= 11 is 0.978. The van der Waals surface area contributed by atoms with Crippen molar-refractivity contribution in [1.82, 2.24) is 15.2 Å². The minimum atomic E-state index is -4.42. The molecule has 2 rings (SSSR count). The van der Waals surface area contributed by atoms with Crippen LogP contribution in [-0.2, 0) is 11.0 Å². The van der Waals surface area contributed by atoms with Crippen LogP contribution < -0.4 is 5.32 Å². The van der Waals surface area contributed by atoms with E-state index in [-0.39, 0.29) is 18.5 Å². The van der Waals surface area contributed by atoms with E-state index < -0.39 is 11.9 Å². The van der Waals surface area contributed by atoms with Crippen LogP contribution in [0.1, 0.15) is 49.9 Å². The highest BCUT2D eigenvalue weighted by Gasteiger charge is 2.34. The van der Waals surface area contributed by atoms with Gasteiger partial charge >= 0.3 is 6.18 Å². The van der Waals surface area contributed by atoms with Crippen LogP contribution in [0, 0.1) is 5.92 Å². The molecule has 1 amide bonds. The topological polar surface area (TPSA) is 45.2 Å². The van der Waals surface area contributed by atoms with Crippen molar-refractivity contribution in [3.05, 3.63) is 16.1 Å². The highest BCUT2D eigenvalue weighted by Crippen LogP contribution is 2.32. The van der Waals surface area contributed by atoms with Crippen molar-refractivity contribution in [2.45, 2.75) is 45.3 Å². The average Bonchev–Trinajstić information content (AvgIpc) is 2.97. The molecule has 1 saturated heterocycles. The zero-order valence-corrected chi connectivity index (χ0v) is 14.1. The van der Waals surface area contributed by atoms with E-state index in [1.165, 1.54) is 0 Å². The predicted octanol–water partition coefficient (Wildman–Crippen LogP) is 3.46. The Hall–Kier alpha value is -1.15. The number of nitrogens with one attached hydrogen (secondary N) is 1. The lowest BCUT2D eigenvalue weighted by Gasteiger charge is -2.31. The summed E-state index contributed by atoms with van der Waals surface area (Å²) in [6, 6.07) is -0.331. The van der Waals surface area contributed by atoms with Crippen LogP contribution in [0.3, 0.4) is 0 Å². The fourth-order valence-corrected chi connectivity index (χ4v) is 3.71. The second-order valence-electron chi connectivity index (χ2n) is 6.00. The van der Waals surface area contributed by atoms with Gasteiger partial charge in [-0.05, 0) is 25.2 Å². The minimum Gasteiger partial charge on any atom is -0.341 e. The van der Waals surface area contributed by atoms with Crippen molar-refractivity contribution in [2.24, 2.45) is 5.92 Å². The highest BCUT2D eigenvalue weighted by atomic mass is 32.1. The first-order valence-corrected chi connectivity index (χ1v) is 8.73. The van der Waals surface area contributed by atoms with E-state index in [2.05, 4.69) is 17.2 Å². The molecule has 0 bridgehead atoms. The third-order valence-electron chi connectivity index (χ3n) is 4.03. The lowest BCUT2D eigenvalue weighted by atomic mass is 10.0. The van der Waals surface area contributed by atoms with Gasteiger partial charge in [-0.3, -0.25) is 10.1 Å². The molecular formula is C15H22F3N3OS. The first kappa shape index (κ1) is 18.2. The minimum absolute atomic E-state index is 0.00241. The molecule has 1 aromatic heterocycles. The molecular weight excluding hydrogens is 327 g/mol. The van der Waals surface area contributed by atoms with E-state index in [9.17, 15) is 18.0 Å². The van der Waals surface area contributed by atoms with Gasteiger partial charge in [-0.25, -0.2) is 4.98 Å². The number of halogens is 3. The summed E-state index contributed by atoms with van der Waals surface area (Å²) in [5.74, 6) is 0.505. The number of alkyl halides is 3. The van der Waals surface area contributed by atoms with Gasteiger partial charge in [-0.2, -0.15) is 13.2 Å². The van der Waals surface area contributed by atoms with Crippen molar-refractivity contribution >= 4 is 17.2 Å². The molecule has 0 aromatic carbocycles. The summed E-state index contributed by atoms with van der Waals surface area (Å²) < 4.78 is 37.9. The van der Waals surface area contributed by atoms with Crippen LogP contribution >= 0.6 is 11.3 Å². The van der Waals surface area contributed by atoms with E-state index in [1.807, 2.05) is 11.8 Å². The Kier molecular flexibility index (Phi) is 6.02. The largest absolute Gasteiger partial charge is 0.434 e. The van der Waals surface area contributed by atoms with Crippen molar-refractivity contribution in [1.29, 1.82) is 0 Å². The fourth-order valence-electron chi connectivity index (χ4n) is 2.72. The van der Waals surface area contributed by atoms with E-state index in [4.69, 9.17) is 0 Å². The smallest absolute Gasteiger partial charge is 0.341 e. The van der Waals surface area contributed by atoms with Gasteiger partial charge in [0.2, 0.25) is 5.91 Å². The van der Waals surface area contributed by atoms with E-state index in [1.54, 1.807) is 0 Å². The number of likely N-dealkylation sites (tertiary alicyclic amines) is 1. The molecule has 0 radical (unpaired) electrons. The molecule has 130 valence electrons. The molecule has 23 heavy (non-hydrogen) atoms. The summed E-state index contributed by atoms with van der Waals surface area (Å²) in [5.41, 5.74) is -0.867. The van der Waals surface area contributed by atoms with Crippen LogP contribution in [-0.4, -0.2) is 35.4 Å². The number of hydrogen-bond donors (Lipinski definition) is 1. The standard InChI is InChI=1S/C15H22F3N3OS/c1-3-11(14-20-12(9-23-14)15(16,17)18)19-7-13(22)21-6-4-5-10(2)8-21/h9-11,19H,3-8H2,1-2H3/t10-,11+/m0/s1. The molecule has 4 nitrogen and oxygen atoms in total. The van der Waals surface area contributed by atoms with Crippen molar-refractivity contribution in [2.75, 3.05) is 19.6 Å². The summed E-state index contributed by atoms with van der Waals surface area (Å²) in [7, 11) is 0. The molecule has 0 spiro atoms. The summed E-state index contributed by atoms with van der Waals surface area (Å²) in [6.07, 6.45) is -1.71. The number of rotatable bonds is 5. The second kappa shape index (κ2) is 7.61. The van der Waals surface area contributed by atoms with Gasteiger partial charge in [0, 0.05) is 18.5 Å². The lowest BCUT2D eigenvalue weighted by molar-refractivity contribution is -0.141. The SMILES string of the molecule is CC[C@@H](NCC(=O)N1CCC[C@H](C)C1)c1nc(C(F)(F)F)cs1. The first-order valence-electron chi connectivity index (χ1n) is 7.85. The maximum absolute atomic E-state index is 12.6. The Morgan fingerprint density at radius 3 is 2.87 bits per heavy atom. The number of hydrogen-bond acceptors (Lipinski definition) is 4. The normalized spacial score (nSPS) is 20.6. The molecule has 1 fully saturated rings. The monoisotopic (exact) mass is 349 g/mol. The van der Waals surface area contributed by atoms with Crippen LogP contribution in [0.2, 0.25) is 0 Å². The maximum atomic E-state index is 12.6. The molecule has 1 N–H and O–H groups in total. The number of nitrogens with zero attached hydrogens (tertiary/aromatic N) is 2. The van der Waals surface area contributed by atoms with Gasteiger partial charge in [0.1, 0.15) is 5.01 Å². The summed E-state index contributed by atoms with van der Waals surface area (Å²) in [4.78, 5) is 17.7. The number of thiazole rings is 1. The lowest BCUT2D eigenvalue weighted by Crippen LogP contribution is -2.44. The zero-order valence-electron chi connectivity index (χ0n) is 13.3. The van der Waals surface area contributed by atoms with Gasteiger partial charge in [-0.1, -0.05) is 13.8 Å². The Morgan fingerprint density at radius 1 is 1.57 bits per heavy atom. The van der Waals surface area contributed by atoms with Gasteiger partial charge in [0.25, 0.3) is 0 Å². The first-order chi connectivity index (χ1) is 10.8. The van der Waals surface area contributed by atoms with Crippen LogP contribution in [0.4, 0.5) is 13.2 Å². The third kappa shape index (κ3) is 4.91. The number of amides is 1. The molecule has 0 saturated carbocycles. The number of piperidine rings is 1. The van der Waals surface area contributed by atoms with Gasteiger partial charge in [-0.15, -0.1) is 11.3 Å². The average molecular weight is 349 g/mol. The van der Waals surface area contributed by atoms with Gasteiger partial charge in [0.05, 0.1) is 12.6 Å². The Balaban J connectivity index is 1.92. The molecule has 1 aliphatic heterocycles. The quantitative estimate of drug-likeness (QED) is 0.885. The Morgan fingerprint density at radius 2 is 2.30 bits per heavy atom. The number of carbonyl (C=O) groups excluding carboxylic acids is 1. The molecule has 2 heterocycles. The van der Waals surface area contributed by atoms with Crippen LogP contribution in [0.5, 0.6) is 0 Å².